The first-order valence-corrected chi connectivity index (χ1v) is 8.16. The summed E-state index contributed by atoms with van der Waals surface area (Å²) in [7, 11) is 0. The maximum absolute atomic E-state index is 5.75. The lowest BCUT2D eigenvalue weighted by Crippen LogP contribution is -2.33. The Morgan fingerprint density at radius 1 is 1.20 bits per heavy atom. The molecule has 0 saturated carbocycles. The van der Waals surface area contributed by atoms with Crippen LogP contribution in [0, 0.1) is 0 Å². The Morgan fingerprint density at radius 3 is 2.88 bits per heavy atom. The highest BCUT2D eigenvalue weighted by Gasteiger charge is 2.22. The van der Waals surface area contributed by atoms with Gasteiger partial charge in [-0.2, -0.15) is 4.98 Å². The number of aromatic nitrogens is 3. The van der Waals surface area contributed by atoms with Crippen molar-refractivity contribution in [2.24, 2.45) is 0 Å². The molecule has 4 rings (SSSR count). The minimum Gasteiger partial charge on any atom is -0.489 e. The topological polar surface area (TPSA) is 82.3 Å². The molecule has 128 valence electrons. The van der Waals surface area contributed by atoms with Crippen LogP contribution in [0.25, 0.3) is 11.4 Å². The van der Waals surface area contributed by atoms with Crippen molar-refractivity contribution in [3.63, 3.8) is 0 Å². The van der Waals surface area contributed by atoms with Crippen LogP contribution in [-0.4, -0.2) is 34.8 Å². The molecule has 1 fully saturated rings. The third-order valence-electron chi connectivity index (χ3n) is 3.89. The number of morpholine rings is 1. The smallest absolute Gasteiger partial charge is 0.257 e. The average molecular weight is 338 g/mol. The van der Waals surface area contributed by atoms with Gasteiger partial charge < -0.3 is 19.3 Å². The van der Waals surface area contributed by atoms with Gasteiger partial charge in [-0.05, 0) is 30.3 Å². The fourth-order valence-corrected chi connectivity index (χ4v) is 2.56. The Kier molecular flexibility index (Phi) is 4.67. The maximum Gasteiger partial charge on any atom is 0.257 e. The Bertz CT molecular complexity index is 799. The zero-order valence-electron chi connectivity index (χ0n) is 13.6. The summed E-state index contributed by atoms with van der Waals surface area (Å²) in [6.07, 6.45) is 3.35. The summed E-state index contributed by atoms with van der Waals surface area (Å²) in [5.74, 6) is 1.82. The predicted molar refractivity (Wildman–Crippen MR) is 89.9 cm³/mol. The summed E-state index contributed by atoms with van der Waals surface area (Å²) in [6.45, 7) is 2.65. The lowest BCUT2D eigenvalue weighted by Gasteiger charge is -2.19. The number of ether oxygens (including phenoxy) is 2. The normalized spacial score (nSPS) is 17.4. The Hall–Kier alpha value is -2.77. The fourth-order valence-electron chi connectivity index (χ4n) is 2.56. The molecule has 1 atom stereocenters. The number of nitrogens with one attached hydrogen (secondary N) is 1. The Morgan fingerprint density at radius 2 is 2.12 bits per heavy atom. The quantitative estimate of drug-likeness (QED) is 0.765. The van der Waals surface area contributed by atoms with E-state index in [1.54, 1.807) is 12.4 Å². The molecule has 0 aliphatic carbocycles. The van der Waals surface area contributed by atoms with E-state index in [0.29, 0.717) is 31.5 Å². The van der Waals surface area contributed by atoms with Crippen molar-refractivity contribution in [1.29, 1.82) is 0 Å². The van der Waals surface area contributed by atoms with Gasteiger partial charge in [-0.25, -0.2) is 0 Å². The van der Waals surface area contributed by atoms with Gasteiger partial charge in [-0.15, -0.1) is 0 Å². The van der Waals surface area contributed by atoms with Crippen molar-refractivity contribution in [1.82, 2.24) is 20.4 Å². The van der Waals surface area contributed by atoms with Crippen LogP contribution in [0.15, 0.2) is 53.3 Å². The van der Waals surface area contributed by atoms with Gasteiger partial charge in [0, 0.05) is 36.6 Å². The molecule has 0 radical (unpaired) electrons. The highest BCUT2D eigenvalue weighted by atomic mass is 16.5. The number of benzene rings is 1. The number of hydrogen-bond donors (Lipinski definition) is 1. The molecule has 1 aliphatic heterocycles. The number of pyridine rings is 1. The van der Waals surface area contributed by atoms with E-state index >= 15 is 0 Å². The van der Waals surface area contributed by atoms with Crippen molar-refractivity contribution in [3.8, 4) is 17.1 Å². The molecule has 0 unspecified atom stereocenters. The molecular formula is C18H18N4O3. The van der Waals surface area contributed by atoms with Crippen molar-refractivity contribution in [2.45, 2.75) is 12.7 Å². The molecule has 1 aromatic carbocycles. The molecule has 1 aliphatic rings. The van der Waals surface area contributed by atoms with Crippen molar-refractivity contribution >= 4 is 0 Å². The van der Waals surface area contributed by atoms with E-state index in [9.17, 15) is 0 Å². The van der Waals surface area contributed by atoms with E-state index in [4.69, 9.17) is 14.0 Å². The zero-order valence-corrected chi connectivity index (χ0v) is 13.6. The van der Waals surface area contributed by atoms with Gasteiger partial charge in [0.15, 0.2) is 0 Å². The van der Waals surface area contributed by atoms with Gasteiger partial charge in [0.1, 0.15) is 18.5 Å². The van der Waals surface area contributed by atoms with Gasteiger partial charge >= 0.3 is 0 Å². The summed E-state index contributed by atoms with van der Waals surface area (Å²) >= 11 is 0. The maximum atomic E-state index is 5.75. The minimum absolute atomic E-state index is 0.183. The second-order valence-corrected chi connectivity index (χ2v) is 5.69. The van der Waals surface area contributed by atoms with Crippen LogP contribution in [0.5, 0.6) is 5.75 Å². The molecule has 3 aromatic rings. The predicted octanol–water partition coefficient (Wildman–Crippen LogP) is 2.37. The molecular weight excluding hydrogens is 320 g/mol. The average Bonchev–Trinajstić information content (AvgIpc) is 3.19. The monoisotopic (exact) mass is 338 g/mol. The van der Waals surface area contributed by atoms with Crippen LogP contribution >= 0.6 is 0 Å². The first-order chi connectivity index (χ1) is 12.4. The van der Waals surface area contributed by atoms with Gasteiger partial charge in [-0.1, -0.05) is 11.2 Å². The van der Waals surface area contributed by atoms with Crippen molar-refractivity contribution in [2.75, 3.05) is 19.7 Å². The molecule has 0 spiro atoms. The molecule has 7 heteroatoms. The van der Waals surface area contributed by atoms with E-state index in [1.807, 2.05) is 36.4 Å². The van der Waals surface area contributed by atoms with Crippen LogP contribution < -0.4 is 10.1 Å². The molecule has 2 aromatic heterocycles. The highest BCUT2D eigenvalue weighted by Crippen LogP contribution is 2.23. The summed E-state index contributed by atoms with van der Waals surface area (Å²) in [5.41, 5.74) is 1.89. The van der Waals surface area contributed by atoms with Crippen LogP contribution in [0.3, 0.4) is 0 Å². The number of rotatable bonds is 5. The van der Waals surface area contributed by atoms with E-state index in [1.165, 1.54) is 0 Å². The van der Waals surface area contributed by atoms with E-state index in [0.717, 1.165) is 23.4 Å². The van der Waals surface area contributed by atoms with Crippen LogP contribution in [0.1, 0.15) is 17.6 Å². The lowest BCUT2D eigenvalue weighted by atomic mass is 10.2. The largest absolute Gasteiger partial charge is 0.489 e. The standard InChI is InChI=1S/C18H18N4O3/c1-2-13(10-19-7-1)12-24-15-5-3-14(4-6-15)17-21-18(25-22-17)16-11-20-8-9-23-16/h1-7,10,16,20H,8-9,11-12H2/t16-/m1/s1. The van der Waals surface area contributed by atoms with Gasteiger partial charge in [0.25, 0.3) is 5.89 Å². The van der Waals surface area contributed by atoms with Crippen molar-refractivity contribution < 1.29 is 14.0 Å². The zero-order chi connectivity index (χ0) is 16.9. The van der Waals surface area contributed by atoms with Gasteiger partial charge in [0.2, 0.25) is 5.82 Å². The Balaban J connectivity index is 1.40. The third kappa shape index (κ3) is 3.84. The summed E-state index contributed by atoms with van der Waals surface area (Å²) in [6, 6.07) is 11.5. The summed E-state index contributed by atoms with van der Waals surface area (Å²) in [5, 5.41) is 7.29. The van der Waals surface area contributed by atoms with E-state index in [-0.39, 0.29) is 6.10 Å². The van der Waals surface area contributed by atoms with Crippen LogP contribution in [0.4, 0.5) is 0 Å². The van der Waals surface area contributed by atoms with Crippen molar-refractivity contribution in [3.05, 3.63) is 60.2 Å². The molecule has 3 heterocycles. The molecule has 0 bridgehead atoms. The van der Waals surface area contributed by atoms with Crippen LogP contribution in [0.2, 0.25) is 0 Å². The third-order valence-corrected chi connectivity index (χ3v) is 3.89. The molecule has 0 amide bonds. The second-order valence-electron chi connectivity index (χ2n) is 5.69. The van der Waals surface area contributed by atoms with E-state index < -0.39 is 0 Å². The molecule has 1 N–H and O–H groups in total. The molecule has 7 nitrogen and oxygen atoms in total. The summed E-state index contributed by atoms with van der Waals surface area (Å²) < 4.78 is 16.7. The van der Waals surface area contributed by atoms with Gasteiger partial charge in [-0.3, -0.25) is 4.98 Å². The minimum atomic E-state index is -0.183. The first-order valence-electron chi connectivity index (χ1n) is 8.16. The molecule has 25 heavy (non-hydrogen) atoms. The van der Waals surface area contributed by atoms with Crippen LogP contribution in [-0.2, 0) is 11.3 Å². The first kappa shape index (κ1) is 15.7. The summed E-state index contributed by atoms with van der Waals surface area (Å²) in [4.78, 5) is 8.51. The lowest BCUT2D eigenvalue weighted by molar-refractivity contribution is 0.00755. The second kappa shape index (κ2) is 7.42. The highest BCUT2D eigenvalue weighted by molar-refractivity contribution is 5.55. The SMILES string of the molecule is c1cncc(COc2ccc(-c3noc([C@H]4CNCCO4)n3)cc2)c1. The fraction of sp³-hybridized carbons (Fsp3) is 0.278. The number of nitrogens with zero attached hydrogens (tertiary/aromatic N) is 3. The van der Waals surface area contributed by atoms with Gasteiger partial charge in [0.05, 0.1) is 6.61 Å². The molecule has 1 saturated heterocycles. The number of hydrogen-bond acceptors (Lipinski definition) is 7. The Labute approximate surface area is 145 Å². The van der Waals surface area contributed by atoms with E-state index in [2.05, 4.69) is 20.4 Å².